The van der Waals surface area contributed by atoms with Gasteiger partial charge in [0.2, 0.25) is 0 Å². The van der Waals surface area contributed by atoms with E-state index in [4.69, 9.17) is 9.97 Å². The van der Waals surface area contributed by atoms with Gasteiger partial charge in [-0.2, -0.15) is 0 Å². The van der Waals surface area contributed by atoms with E-state index in [2.05, 4.69) is 207 Å². The average molecular weight is 725 g/mol. The minimum Gasteiger partial charge on any atom is -0.228 e. The Morgan fingerprint density at radius 2 is 0.772 bits per heavy atom. The van der Waals surface area contributed by atoms with Gasteiger partial charge in [0.25, 0.3) is 0 Å². The van der Waals surface area contributed by atoms with Crippen molar-refractivity contribution < 1.29 is 0 Å². The van der Waals surface area contributed by atoms with E-state index in [1.807, 2.05) is 0 Å². The van der Waals surface area contributed by atoms with Crippen LogP contribution in [0, 0.1) is 6.92 Å². The summed E-state index contributed by atoms with van der Waals surface area (Å²) in [4.78, 5) is 10.4. The summed E-state index contributed by atoms with van der Waals surface area (Å²) in [6, 6.07) is 72.3. The third-order valence-corrected chi connectivity index (χ3v) is 11.5. The summed E-state index contributed by atoms with van der Waals surface area (Å²) in [5.74, 6) is 0.701. The molecule has 0 saturated carbocycles. The Hall–Kier alpha value is -7.42. The van der Waals surface area contributed by atoms with E-state index >= 15 is 0 Å². The molecule has 10 aromatic carbocycles. The van der Waals surface area contributed by atoms with Gasteiger partial charge in [-0.25, -0.2) is 9.97 Å². The number of nitrogens with zero attached hydrogens (tertiary/aromatic N) is 2. The van der Waals surface area contributed by atoms with Crippen LogP contribution in [0.5, 0.6) is 0 Å². The molecular weight excluding hydrogens is 689 g/mol. The zero-order chi connectivity index (χ0) is 37.9. The van der Waals surface area contributed by atoms with Crippen molar-refractivity contribution >= 4 is 53.9 Å². The molecule has 0 aliphatic carbocycles. The van der Waals surface area contributed by atoms with E-state index in [9.17, 15) is 0 Å². The molecule has 57 heavy (non-hydrogen) atoms. The fraction of sp³-hybridized carbons (Fsp3) is 0.0182. The molecule has 0 spiro atoms. The maximum Gasteiger partial charge on any atom is 0.160 e. The first-order valence-electron chi connectivity index (χ1n) is 19.6. The van der Waals surface area contributed by atoms with Gasteiger partial charge >= 0.3 is 0 Å². The fourth-order valence-electron chi connectivity index (χ4n) is 8.63. The fourth-order valence-corrected chi connectivity index (χ4v) is 8.63. The van der Waals surface area contributed by atoms with Crippen molar-refractivity contribution in [2.24, 2.45) is 0 Å². The predicted molar refractivity (Wildman–Crippen MR) is 241 cm³/mol. The van der Waals surface area contributed by atoms with Crippen LogP contribution < -0.4 is 0 Å². The van der Waals surface area contributed by atoms with E-state index < -0.39 is 0 Å². The third kappa shape index (κ3) is 5.73. The lowest BCUT2D eigenvalue weighted by molar-refractivity contribution is 1.18. The number of aryl methyl sites for hydroxylation is 1. The zero-order valence-electron chi connectivity index (χ0n) is 31.4. The van der Waals surface area contributed by atoms with Crippen molar-refractivity contribution in [3.05, 3.63) is 206 Å². The summed E-state index contributed by atoms with van der Waals surface area (Å²) in [7, 11) is 0. The Labute approximate surface area is 331 Å². The highest BCUT2D eigenvalue weighted by Gasteiger charge is 2.15. The molecule has 0 N–H and O–H groups in total. The van der Waals surface area contributed by atoms with Gasteiger partial charge in [0.05, 0.1) is 11.4 Å². The summed E-state index contributed by atoms with van der Waals surface area (Å²) in [5, 5.41) is 12.7. The zero-order valence-corrected chi connectivity index (χ0v) is 31.4. The third-order valence-electron chi connectivity index (χ3n) is 11.5. The molecule has 0 saturated heterocycles. The monoisotopic (exact) mass is 724 g/mol. The lowest BCUT2D eigenvalue weighted by Gasteiger charge is -2.14. The van der Waals surface area contributed by atoms with Gasteiger partial charge in [-0.1, -0.05) is 181 Å². The maximum absolute atomic E-state index is 5.26. The molecule has 0 unspecified atom stereocenters. The van der Waals surface area contributed by atoms with Crippen LogP contribution in [0.15, 0.2) is 200 Å². The van der Waals surface area contributed by atoms with Crippen LogP contribution in [-0.2, 0) is 0 Å². The number of aromatic nitrogens is 2. The largest absolute Gasteiger partial charge is 0.228 e. The van der Waals surface area contributed by atoms with E-state index in [0.29, 0.717) is 5.82 Å². The molecule has 0 bridgehead atoms. The van der Waals surface area contributed by atoms with Crippen molar-refractivity contribution in [3.8, 4) is 56.2 Å². The van der Waals surface area contributed by atoms with Gasteiger partial charge in [-0.05, 0) is 107 Å². The number of fused-ring (bicyclic) bond motifs is 9. The van der Waals surface area contributed by atoms with Crippen molar-refractivity contribution in [1.82, 2.24) is 9.97 Å². The van der Waals surface area contributed by atoms with E-state index in [-0.39, 0.29) is 0 Å². The first kappa shape index (κ1) is 33.0. The molecule has 2 nitrogen and oxygen atoms in total. The molecular formula is C55H36N2. The van der Waals surface area contributed by atoms with Crippen LogP contribution in [0.3, 0.4) is 0 Å². The summed E-state index contributed by atoms with van der Waals surface area (Å²) in [6.45, 7) is 2.12. The maximum atomic E-state index is 5.26. The van der Waals surface area contributed by atoms with Crippen LogP contribution in [0.1, 0.15) is 5.56 Å². The molecule has 11 rings (SSSR count). The van der Waals surface area contributed by atoms with Crippen LogP contribution in [0.2, 0.25) is 0 Å². The Morgan fingerprint density at radius 3 is 1.46 bits per heavy atom. The summed E-state index contributed by atoms with van der Waals surface area (Å²) < 4.78 is 0. The van der Waals surface area contributed by atoms with Gasteiger partial charge in [-0.3, -0.25) is 0 Å². The Bertz CT molecular complexity index is 3310. The van der Waals surface area contributed by atoms with E-state index in [1.54, 1.807) is 0 Å². The molecule has 0 aliphatic heterocycles. The highest BCUT2D eigenvalue weighted by molar-refractivity contribution is 6.25. The lowest BCUT2D eigenvalue weighted by atomic mass is 9.92. The summed E-state index contributed by atoms with van der Waals surface area (Å²) >= 11 is 0. The molecule has 1 heterocycles. The predicted octanol–water partition coefficient (Wildman–Crippen LogP) is 14.9. The number of hydrogen-bond donors (Lipinski definition) is 0. The smallest absolute Gasteiger partial charge is 0.160 e. The van der Waals surface area contributed by atoms with Crippen molar-refractivity contribution in [2.75, 3.05) is 0 Å². The molecule has 0 atom stereocenters. The number of rotatable bonds is 5. The number of hydrogen-bond acceptors (Lipinski definition) is 2. The van der Waals surface area contributed by atoms with Crippen LogP contribution in [0.4, 0.5) is 0 Å². The molecule has 0 radical (unpaired) electrons. The van der Waals surface area contributed by atoms with E-state index in [1.165, 1.54) is 70.6 Å². The second-order valence-corrected chi connectivity index (χ2v) is 15.0. The minimum absolute atomic E-state index is 0.701. The quantitative estimate of drug-likeness (QED) is 0.165. The summed E-state index contributed by atoms with van der Waals surface area (Å²) in [6.07, 6.45) is 0. The minimum atomic E-state index is 0.701. The average Bonchev–Trinajstić information content (AvgIpc) is 3.29. The molecule has 0 aliphatic rings. The molecule has 1 aromatic heterocycles. The van der Waals surface area contributed by atoms with Gasteiger partial charge in [-0.15, -0.1) is 0 Å². The van der Waals surface area contributed by atoms with Gasteiger partial charge in [0.15, 0.2) is 5.82 Å². The molecule has 266 valence electrons. The highest BCUT2D eigenvalue weighted by atomic mass is 14.9. The standard InChI is InChI=1S/C55H36N2/c1-35-21-23-37(24-22-35)53-34-54(42-13-10-12-40(31-42)51-33-41-11-2-3-14-43(41)44-15-4-8-19-48(44)51)57-55(56-53)38-27-25-36(26-28-38)39-29-30-50-47-18-6-5-16-45(47)46-17-7-9-20-49(46)52(50)32-39/h2-34H,1H3. The first-order chi connectivity index (χ1) is 28.1. The number of benzene rings is 10. The van der Waals surface area contributed by atoms with Gasteiger partial charge < -0.3 is 0 Å². The van der Waals surface area contributed by atoms with Crippen LogP contribution in [-0.4, -0.2) is 9.97 Å². The van der Waals surface area contributed by atoms with Crippen LogP contribution in [0.25, 0.3) is 110 Å². The Kier molecular flexibility index (Phi) is 7.75. The van der Waals surface area contributed by atoms with Crippen molar-refractivity contribution in [2.45, 2.75) is 6.92 Å². The topological polar surface area (TPSA) is 25.8 Å². The Morgan fingerprint density at radius 1 is 0.281 bits per heavy atom. The van der Waals surface area contributed by atoms with Crippen LogP contribution >= 0.6 is 0 Å². The van der Waals surface area contributed by atoms with Gasteiger partial charge in [0, 0.05) is 16.7 Å². The SMILES string of the molecule is Cc1ccc(-c2cc(-c3cccc(-c4cc5ccccc5c5ccccc45)c3)nc(-c3ccc(-c4ccc5c6ccccc6c6ccccc6c5c4)cc3)n2)cc1. The second kappa shape index (κ2) is 13.4. The van der Waals surface area contributed by atoms with Crippen molar-refractivity contribution in [1.29, 1.82) is 0 Å². The molecule has 2 heteroatoms. The van der Waals surface area contributed by atoms with E-state index in [0.717, 1.165) is 39.2 Å². The molecule has 0 amide bonds. The van der Waals surface area contributed by atoms with Crippen molar-refractivity contribution in [3.63, 3.8) is 0 Å². The molecule has 0 fully saturated rings. The second-order valence-electron chi connectivity index (χ2n) is 15.0. The lowest BCUT2D eigenvalue weighted by Crippen LogP contribution is -1.96. The highest BCUT2D eigenvalue weighted by Crippen LogP contribution is 2.39. The summed E-state index contributed by atoms with van der Waals surface area (Å²) in [5.41, 5.74) is 10.8. The normalized spacial score (nSPS) is 11.6. The van der Waals surface area contributed by atoms with Gasteiger partial charge in [0.1, 0.15) is 0 Å². The first-order valence-corrected chi connectivity index (χ1v) is 19.6. The molecule has 11 aromatic rings. The Balaban J connectivity index is 1.02.